The van der Waals surface area contributed by atoms with Gasteiger partial charge in [0.1, 0.15) is 6.33 Å². The van der Waals surface area contributed by atoms with Crippen molar-refractivity contribution in [1.82, 2.24) is 9.55 Å². The maximum absolute atomic E-state index is 10.1. The zero-order valence-corrected chi connectivity index (χ0v) is 17.4. The van der Waals surface area contributed by atoms with Gasteiger partial charge in [0.05, 0.1) is 16.8 Å². The normalized spacial score (nSPS) is 38.6. The Labute approximate surface area is 172 Å². The molecule has 1 heterocycles. The number of aliphatic hydroxyl groups is 1. The fourth-order valence-electron chi connectivity index (χ4n) is 7.38. The Hall–Kier alpha value is -2.29. The van der Waals surface area contributed by atoms with Crippen LogP contribution >= 0.6 is 0 Å². The highest BCUT2D eigenvalue weighted by Gasteiger charge is 2.56. The lowest BCUT2D eigenvalue weighted by Crippen LogP contribution is -2.48. The summed E-state index contributed by atoms with van der Waals surface area (Å²) in [5.41, 5.74) is 5.64. The summed E-state index contributed by atoms with van der Waals surface area (Å²) < 4.78 is 2.36. The first-order chi connectivity index (χ1) is 14.0. The molecule has 150 valence electrons. The number of allylic oxidation sites excluding steroid dienone is 6. The third-order valence-corrected chi connectivity index (χ3v) is 9.00. The van der Waals surface area contributed by atoms with E-state index in [0.717, 1.165) is 36.6 Å². The summed E-state index contributed by atoms with van der Waals surface area (Å²) in [5, 5.41) is 10.1. The van der Waals surface area contributed by atoms with Crippen LogP contribution in [0.5, 0.6) is 0 Å². The first kappa shape index (κ1) is 17.6. The molecule has 1 aromatic carbocycles. The minimum absolute atomic E-state index is 0.221. The predicted molar refractivity (Wildman–Crippen MR) is 117 cm³/mol. The zero-order valence-electron chi connectivity index (χ0n) is 17.4. The van der Waals surface area contributed by atoms with Crippen LogP contribution in [0.25, 0.3) is 16.7 Å². The number of hydrogen-bond acceptors (Lipinski definition) is 2. The summed E-state index contributed by atoms with van der Waals surface area (Å²) >= 11 is 0. The molecular formula is C26H30N2O. The molecule has 1 aromatic heterocycles. The minimum Gasteiger partial charge on any atom is -0.512 e. The number of aromatic nitrogens is 2. The molecule has 6 rings (SSSR count). The highest BCUT2D eigenvalue weighted by Crippen LogP contribution is 2.65. The average molecular weight is 387 g/mol. The van der Waals surface area contributed by atoms with E-state index in [1.54, 1.807) is 0 Å². The van der Waals surface area contributed by atoms with Crippen LogP contribution in [0.15, 0.2) is 60.2 Å². The molecule has 0 aliphatic heterocycles. The molecule has 0 amide bonds. The van der Waals surface area contributed by atoms with Crippen LogP contribution in [0.1, 0.15) is 52.4 Å². The first-order valence-electron chi connectivity index (χ1n) is 11.2. The lowest BCUT2D eigenvalue weighted by Gasteiger charge is -2.56. The highest BCUT2D eigenvalue weighted by atomic mass is 16.3. The Kier molecular flexibility index (Phi) is 3.55. The molecule has 0 unspecified atom stereocenters. The Bertz CT molecular complexity index is 1090. The minimum atomic E-state index is 0.221. The number of aliphatic hydroxyl groups excluding tert-OH is 1. The molecule has 0 spiro atoms. The fraction of sp³-hybridized carbons (Fsp3) is 0.500. The monoisotopic (exact) mass is 386 g/mol. The molecule has 0 saturated heterocycles. The second-order valence-corrected chi connectivity index (χ2v) is 10.2. The number of imidazole rings is 1. The van der Waals surface area contributed by atoms with Crippen molar-refractivity contribution >= 4 is 16.7 Å². The van der Waals surface area contributed by atoms with E-state index in [0.29, 0.717) is 11.7 Å². The molecule has 3 nitrogen and oxygen atoms in total. The second kappa shape index (κ2) is 5.87. The van der Waals surface area contributed by atoms with Crippen molar-refractivity contribution < 1.29 is 5.11 Å². The first-order valence-corrected chi connectivity index (χ1v) is 11.2. The van der Waals surface area contributed by atoms with E-state index in [4.69, 9.17) is 0 Å². The van der Waals surface area contributed by atoms with Crippen LogP contribution in [0.4, 0.5) is 0 Å². The molecule has 0 bridgehead atoms. The van der Waals surface area contributed by atoms with Crippen molar-refractivity contribution in [2.45, 2.75) is 52.4 Å². The number of para-hydroxylation sites is 2. The Morgan fingerprint density at radius 3 is 2.79 bits per heavy atom. The summed E-state index contributed by atoms with van der Waals surface area (Å²) in [6, 6.07) is 8.50. The number of benzene rings is 1. The molecule has 1 fully saturated rings. The van der Waals surface area contributed by atoms with Crippen molar-refractivity contribution in [3.05, 3.63) is 60.2 Å². The third-order valence-electron chi connectivity index (χ3n) is 9.00. The molecule has 0 radical (unpaired) electrons. The van der Waals surface area contributed by atoms with Crippen LogP contribution in [0.2, 0.25) is 0 Å². The molecule has 4 aliphatic rings. The zero-order chi connectivity index (χ0) is 19.8. The lowest BCUT2D eigenvalue weighted by molar-refractivity contribution is -0.00529. The van der Waals surface area contributed by atoms with Crippen molar-refractivity contribution in [3.8, 4) is 0 Å². The summed E-state index contributed by atoms with van der Waals surface area (Å²) in [6.45, 7) is 4.98. The highest BCUT2D eigenvalue weighted by molar-refractivity contribution is 5.80. The topological polar surface area (TPSA) is 38.0 Å². The Morgan fingerprint density at radius 2 is 1.90 bits per heavy atom. The molecule has 1 saturated carbocycles. The average Bonchev–Trinajstić information content (AvgIpc) is 3.29. The van der Waals surface area contributed by atoms with Gasteiger partial charge in [-0.25, -0.2) is 4.98 Å². The number of fused-ring (bicyclic) bond motifs is 6. The van der Waals surface area contributed by atoms with Crippen LogP contribution in [-0.2, 0) is 0 Å². The van der Waals surface area contributed by atoms with Gasteiger partial charge in [-0.1, -0.05) is 38.1 Å². The third kappa shape index (κ3) is 2.27. The van der Waals surface area contributed by atoms with Gasteiger partial charge < -0.3 is 9.67 Å². The van der Waals surface area contributed by atoms with Crippen molar-refractivity contribution in [2.75, 3.05) is 0 Å². The molecule has 1 N–H and O–H groups in total. The van der Waals surface area contributed by atoms with Crippen molar-refractivity contribution in [3.63, 3.8) is 0 Å². The van der Waals surface area contributed by atoms with Gasteiger partial charge in [0, 0.05) is 17.5 Å². The van der Waals surface area contributed by atoms with Crippen LogP contribution in [0.3, 0.4) is 0 Å². The molecule has 4 aliphatic carbocycles. The van der Waals surface area contributed by atoms with Gasteiger partial charge in [0.25, 0.3) is 0 Å². The Balaban J connectivity index is 1.38. The van der Waals surface area contributed by atoms with Gasteiger partial charge in [-0.15, -0.1) is 0 Å². The molecular weight excluding hydrogens is 356 g/mol. The van der Waals surface area contributed by atoms with Gasteiger partial charge in [-0.2, -0.15) is 0 Å². The summed E-state index contributed by atoms with van der Waals surface area (Å²) in [5.74, 6) is 2.74. The lowest BCUT2D eigenvalue weighted by atomic mass is 9.48. The van der Waals surface area contributed by atoms with Gasteiger partial charge >= 0.3 is 0 Å². The Morgan fingerprint density at radius 1 is 1.03 bits per heavy atom. The molecule has 29 heavy (non-hydrogen) atoms. The summed E-state index contributed by atoms with van der Waals surface area (Å²) in [7, 11) is 0. The van der Waals surface area contributed by atoms with Gasteiger partial charge in [0.2, 0.25) is 0 Å². The quantitative estimate of drug-likeness (QED) is 0.607. The maximum Gasteiger partial charge on any atom is 0.100 e. The number of hydrogen-bond donors (Lipinski definition) is 1. The van der Waals surface area contributed by atoms with Crippen LogP contribution in [-0.4, -0.2) is 14.7 Å². The standard InChI is InChI=1S/C26H30N2O/c1-25-13-11-18(29)15-17(25)7-8-19-20-9-10-24(26(20,2)14-12-21(19)25)28-16-27-22-5-3-4-6-23(22)28/h3-7,10,15-16,19-21,29H,8-9,11-14H2,1-2H3/t19-,20-,21-,25-,26-/m0/s1. The predicted octanol–water partition coefficient (Wildman–Crippen LogP) is 6.50. The maximum atomic E-state index is 10.1. The van der Waals surface area contributed by atoms with E-state index >= 15 is 0 Å². The molecule has 2 aromatic rings. The van der Waals surface area contributed by atoms with Crippen LogP contribution in [0, 0.1) is 28.6 Å². The van der Waals surface area contributed by atoms with E-state index in [-0.39, 0.29) is 10.8 Å². The number of rotatable bonds is 1. The molecule has 5 atom stereocenters. The van der Waals surface area contributed by atoms with Gasteiger partial charge in [0.15, 0.2) is 0 Å². The second-order valence-electron chi connectivity index (χ2n) is 10.2. The van der Waals surface area contributed by atoms with Crippen molar-refractivity contribution in [2.24, 2.45) is 28.6 Å². The van der Waals surface area contributed by atoms with E-state index in [1.807, 2.05) is 6.33 Å². The fourth-order valence-corrected chi connectivity index (χ4v) is 7.38. The number of nitrogens with zero attached hydrogens (tertiary/aromatic N) is 2. The van der Waals surface area contributed by atoms with E-state index in [9.17, 15) is 5.11 Å². The van der Waals surface area contributed by atoms with E-state index < -0.39 is 0 Å². The summed E-state index contributed by atoms with van der Waals surface area (Å²) in [4.78, 5) is 4.67. The SMILES string of the molecule is C[C@]12CCC(O)=CC1=CC[C@@H]1[C@@H]2CC[C@]2(C)C(n3cnc4ccccc43)=CC[C@@H]12. The van der Waals surface area contributed by atoms with Crippen LogP contribution < -0.4 is 0 Å². The van der Waals surface area contributed by atoms with Gasteiger partial charge in [-0.3, -0.25) is 0 Å². The van der Waals surface area contributed by atoms with E-state index in [2.05, 4.69) is 65.9 Å². The smallest absolute Gasteiger partial charge is 0.100 e. The largest absolute Gasteiger partial charge is 0.512 e. The van der Waals surface area contributed by atoms with Gasteiger partial charge in [-0.05, 0) is 79.1 Å². The summed E-state index contributed by atoms with van der Waals surface area (Å²) in [6.07, 6.45) is 15.9. The van der Waals surface area contributed by atoms with Crippen molar-refractivity contribution in [1.29, 1.82) is 0 Å². The van der Waals surface area contributed by atoms with E-state index in [1.165, 1.54) is 36.0 Å². The molecule has 3 heteroatoms.